The Morgan fingerprint density at radius 3 is 2.65 bits per heavy atom. The Morgan fingerprint density at radius 1 is 1.16 bits per heavy atom. The number of ether oxygens (including phenoxy) is 1. The first-order valence-electron chi connectivity index (χ1n) is 11.9. The number of rotatable bonds is 10. The number of imidazole rings is 1. The molecule has 3 aromatic heterocycles. The number of benzene rings is 1. The van der Waals surface area contributed by atoms with E-state index in [1.165, 1.54) is 62.6 Å². The molecule has 0 spiro atoms. The Bertz CT molecular complexity index is 1590. The molecule has 37 heavy (non-hydrogen) atoms. The van der Waals surface area contributed by atoms with Crippen molar-refractivity contribution in [3.8, 4) is 5.75 Å². The van der Waals surface area contributed by atoms with Crippen molar-refractivity contribution in [1.29, 1.82) is 0 Å². The average molecular weight is 527 g/mol. The summed E-state index contributed by atoms with van der Waals surface area (Å²) in [7, 11) is 0.0865. The maximum absolute atomic E-state index is 15.0. The van der Waals surface area contributed by atoms with Gasteiger partial charge in [-0.05, 0) is 48.9 Å². The van der Waals surface area contributed by atoms with Crippen LogP contribution in [-0.2, 0) is 23.0 Å². The number of ketones is 1. The van der Waals surface area contributed by atoms with Crippen molar-refractivity contribution in [2.24, 2.45) is 0 Å². The van der Waals surface area contributed by atoms with Crippen molar-refractivity contribution in [2.45, 2.75) is 43.0 Å². The summed E-state index contributed by atoms with van der Waals surface area (Å²) in [6, 6.07) is 6.65. The van der Waals surface area contributed by atoms with Gasteiger partial charge in [-0.1, -0.05) is 11.3 Å². The number of fused-ring (bicyclic) bond motifs is 1. The highest BCUT2D eigenvalue weighted by Gasteiger charge is 2.27. The van der Waals surface area contributed by atoms with E-state index < -0.39 is 15.8 Å². The minimum atomic E-state index is -3.93. The Labute approximate surface area is 213 Å². The zero-order valence-corrected chi connectivity index (χ0v) is 21.6. The van der Waals surface area contributed by atoms with E-state index in [0.717, 1.165) is 15.6 Å². The molecular weight excluding hydrogens is 499 g/mol. The van der Waals surface area contributed by atoms with E-state index in [0.29, 0.717) is 12.5 Å². The van der Waals surface area contributed by atoms with Crippen LogP contribution in [0, 0.1) is 5.82 Å². The summed E-state index contributed by atoms with van der Waals surface area (Å²) < 4.78 is 50.0. The van der Waals surface area contributed by atoms with Crippen LogP contribution >= 0.6 is 0 Å². The number of carbonyl (C=O) groups is 1. The second kappa shape index (κ2) is 9.67. The van der Waals surface area contributed by atoms with Crippen molar-refractivity contribution in [1.82, 2.24) is 28.7 Å². The van der Waals surface area contributed by atoms with Gasteiger partial charge >= 0.3 is 0 Å². The van der Waals surface area contributed by atoms with Gasteiger partial charge in [0.15, 0.2) is 17.3 Å². The first-order chi connectivity index (χ1) is 17.7. The third-order valence-corrected chi connectivity index (χ3v) is 8.37. The number of hydrogen-bond acceptors (Lipinski definition) is 7. The molecule has 1 aromatic carbocycles. The molecule has 12 heteroatoms. The molecule has 0 saturated heterocycles. The van der Waals surface area contributed by atoms with E-state index in [1.54, 1.807) is 0 Å². The lowest BCUT2D eigenvalue weighted by Crippen LogP contribution is -2.24. The normalized spacial score (nSPS) is 14.0. The molecule has 1 aliphatic rings. The molecule has 1 aliphatic carbocycles. The standard InChI is InChI=1S/C25H27FN6O4S/c1-30(2)37(34,35)23-10-9-22(36-3)25(26)19(23)7-8-21(33)20-15-32(29-28-20)14-18-13-31-12-17(16-4-5-16)6-11-24(31)27-18/h6,9-13,15-16H,4-5,7-8,14H2,1-3H3. The van der Waals surface area contributed by atoms with Crippen molar-refractivity contribution in [3.63, 3.8) is 0 Å². The number of methoxy groups -OCH3 is 1. The molecule has 0 atom stereocenters. The maximum Gasteiger partial charge on any atom is 0.242 e. The highest BCUT2D eigenvalue weighted by Crippen LogP contribution is 2.39. The summed E-state index contributed by atoms with van der Waals surface area (Å²) in [5, 5.41) is 8.00. The van der Waals surface area contributed by atoms with Crippen LogP contribution in [0.25, 0.3) is 5.65 Å². The van der Waals surface area contributed by atoms with Gasteiger partial charge in [-0.3, -0.25) is 4.79 Å². The molecule has 10 nitrogen and oxygen atoms in total. The minimum Gasteiger partial charge on any atom is -0.494 e. The lowest BCUT2D eigenvalue weighted by molar-refractivity contribution is 0.0977. The fraction of sp³-hybridized carbons (Fsp3) is 0.360. The maximum atomic E-state index is 15.0. The molecule has 3 heterocycles. The first-order valence-corrected chi connectivity index (χ1v) is 13.3. The summed E-state index contributed by atoms with van der Waals surface area (Å²) in [5.74, 6) is -0.643. The molecule has 0 amide bonds. The van der Waals surface area contributed by atoms with Gasteiger partial charge in [0.05, 0.1) is 30.4 Å². The van der Waals surface area contributed by atoms with Gasteiger partial charge < -0.3 is 9.14 Å². The number of Topliss-reactive ketones (excluding diaryl/α,β-unsaturated/α-hetero) is 1. The number of carbonyl (C=O) groups excluding carboxylic acids is 1. The van der Waals surface area contributed by atoms with Crippen LogP contribution < -0.4 is 4.74 Å². The van der Waals surface area contributed by atoms with E-state index in [2.05, 4.69) is 27.6 Å². The highest BCUT2D eigenvalue weighted by molar-refractivity contribution is 7.89. The van der Waals surface area contributed by atoms with Gasteiger partial charge in [0.1, 0.15) is 11.3 Å². The summed E-state index contributed by atoms with van der Waals surface area (Å²) in [4.78, 5) is 17.2. The first kappa shape index (κ1) is 25.0. The van der Waals surface area contributed by atoms with Gasteiger partial charge in [0.25, 0.3) is 0 Å². The third kappa shape index (κ3) is 4.98. The van der Waals surface area contributed by atoms with Crippen LogP contribution in [0.4, 0.5) is 4.39 Å². The molecule has 0 aliphatic heterocycles. The van der Waals surface area contributed by atoms with E-state index in [4.69, 9.17) is 4.74 Å². The lowest BCUT2D eigenvalue weighted by Gasteiger charge is -2.17. The minimum absolute atomic E-state index is 0.0946. The summed E-state index contributed by atoms with van der Waals surface area (Å²) in [6.07, 6.45) is 7.69. The lowest BCUT2D eigenvalue weighted by atomic mass is 10.1. The number of nitrogens with zero attached hydrogens (tertiary/aromatic N) is 6. The van der Waals surface area contributed by atoms with Crippen molar-refractivity contribution < 1.29 is 22.3 Å². The second-order valence-corrected chi connectivity index (χ2v) is 11.4. The van der Waals surface area contributed by atoms with E-state index >= 15 is 4.39 Å². The van der Waals surface area contributed by atoms with Crippen LogP contribution in [0.15, 0.2) is 47.8 Å². The Morgan fingerprint density at radius 2 is 1.95 bits per heavy atom. The number of aromatic nitrogens is 5. The van der Waals surface area contributed by atoms with Crippen LogP contribution in [0.1, 0.15) is 52.5 Å². The van der Waals surface area contributed by atoms with Gasteiger partial charge in [-0.25, -0.2) is 26.8 Å². The molecule has 194 valence electrons. The van der Waals surface area contributed by atoms with Crippen LogP contribution in [0.2, 0.25) is 0 Å². The Hall–Kier alpha value is -3.64. The number of sulfonamides is 1. The number of halogens is 1. The topological polar surface area (TPSA) is 112 Å². The zero-order valence-electron chi connectivity index (χ0n) is 20.8. The smallest absolute Gasteiger partial charge is 0.242 e. The molecule has 0 unspecified atom stereocenters. The summed E-state index contributed by atoms with van der Waals surface area (Å²) in [6.45, 7) is 0.330. The summed E-state index contributed by atoms with van der Waals surface area (Å²) in [5.41, 5.74) is 2.91. The van der Waals surface area contributed by atoms with Crippen molar-refractivity contribution in [2.75, 3.05) is 21.2 Å². The van der Waals surface area contributed by atoms with Crippen molar-refractivity contribution >= 4 is 21.5 Å². The Balaban J connectivity index is 1.30. The molecular formula is C25H27FN6O4S. The number of pyridine rings is 1. The SMILES string of the molecule is COc1ccc(S(=O)(=O)N(C)C)c(CCC(=O)c2cn(Cc3cn4cc(C5CC5)ccc4n3)nn2)c1F. The molecule has 0 radical (unpaired) electrons. The van der Waals surface area contributed by atoms with Gasteiger partial charge in [-0.2, -0.15) is 0 Å². The van der Waals surface area contributed by atoms with Crippen LogP contribution in [0.5, 0.6) is 5.75 Å². The fourth-order valence-electron chi connectivity index (χ4n) is 4.24. The van der Waals surface area contributed by atoms with Crippen molar-refractivity contribution in [3.05, 3.63) is 71.2 Å². The van der Waals surface area contributed by atoms with Gasteiger partial charge in [0, 0.05) is 38.5 Å². The zero-order chi connectivity index (χ0) is 26.3. The van der Waals surface area contributed by atoms with Gasteiger partial charge in [0.2, 0.25) is 10.0 Å². The largest absolute Gasteiger partial charge is 0.494 e. The van der Waals surface area contributed by atoms with Crippen LogP contribution in [0.3, 0.4) is 0 Å². The molecule has 5 rings (SSSR count). The molecule has 1 saturated carbocycles. The Kier molecular flexibility index (Phi) is 6.54. The van der Waals surface area contributed by atoms with E-state index in [-0.39, 0.29) is 40.5 Å². The monoisotopic (exact) mass is 526 g/mol. The fourth-order valence-corrected chi connectivity index (χ4v) is 5.38. The third-order valence-electron chi connectivity index (χ3n) is 6.47. The average Bonchev–Trinajstić information content (AvgIpc) is 3.48. The molecule has 1 fully saturated rings. The highest BCUT2D eigenvalue weighted by atomic mass is 32.2. The molecule has 0 N–H and O–H groups in total. The second-order valence-electron chi connectivity index (χ2n) is 9.30. The van der Waals surface area contributed by atoms with E-state index in [9.17, 15) is 13.2 Å². The molecule has 0 bridgehead atoms. The number of hydrogen-bond donors (Lipinski definition) is 0. The summed E-state index contributed by atoms with van der Waals surface area (Å²) >= 11 is 0. The van der Waals surface area contributed by atoms with E-state index in [1.807, 2.05) is 16.7 Å². The quantitative estimate of drug-likeness (QED) is 0.292. The predicted octanol–water partition coefficient (Wildman–Crippen LogP) is 3.07. The predicted molar refractivity (Wildman–Crippen MR) is 133 cm³/mol. The van der Waals surface area contributed by atoms with Gasteiger partial charge in [-0.15, -0.1) is 5.10 Å². The van der Waals surface area contributed by atoms with Crippen LogP contribution in [-0.4, -0.2) is 64.1 Å². The molecule has 4 aromatic rings.